The molecule has 1 unspecified atom stereocenters. The maximum atomic E-state index is 5.37. The van der Waals surface area contributed by atoms with Gasteiger partial charge in [0.05, 0.1) is 20.3 Å². The average Bonchev–Trinajstić information content (AvgIpc) is 2.47. The Balaban J connectivity index is 2.36. The molecule has 0 spiro atoms. The van der Waals surface area contributed by atoms with Crippen molar-refractivity contribution in [1.29, 1.82) is 0 Å². The molecule has 1 heterocycles. The van der Waals surface area contributed by atoms with Crippen molar-refractivity contribution in [3.05, 3.63) is 0 Å². The molecule has 2 heteroatoms. The number of rotatable bonds is 3. The van der Waals surface area contributed by atoms with E-state index in [1.165, 1.54) is 12.1 Å². The molecule has 60 valence electrons. The zero-order valence-corrected chi connectivity index (χ0v) is 8.53. The SMILES string of the molecule is CC[Si](C)(C)CC1(C)CO1. The van der Waals surface area contributed by atoms with Crippen LogP contribution in [0.15, 0.2) is 0 Å². The van der Waals surface area contributed by atoms with E-state index >= 15 is 0 Å². The van der Waals surface area contributed by atoms with E-state index in [2.05, 4.69) is 26.9 Å². The lowest BCUT2D eigenvalue weighted by molar-refractivity contribution is 0.341. The molecule has 0 N–H and O–H groups in total. The minimum atomic E-state index is -0.875. The lowest BCUT2D eigenvalue weighted by Gasteiger charge is -2.21. The molecule has 1 atom stereocenters. The first-order chi connectivity index (χ1) is 4.47. The van der Waals surface area contributed by atoms with Crippen LogP contribution in [0.3, 0.4) is 0 Å². The normalized spacial score (nSPS) is 32.4. The summed E-state index contributed by atoms with van der Waals surface area (Å²) in [6.07, 6.45) is 0. The van der Waals surface area contributed by atoms with Gasteiger partial charge in [-0.05, 0) is 13.0 Å². The monoisotopic (exact) mass is 158 g/mol. The molecule has 10 heavy (non-hydrogen) atoms. The summed E-state index contributed by atoms with van der Waals surface area (Å²) in [6, 6.07) is 2.72. The highest BCUT2D eigenvalue weighted by Gasteiger charge is 2.43. The second-order valence-electron chi connectivity index (χ2n) is 4.43. The lowest BCUT2D eigenvalue weighted by atomic mass is 10.3. The molecule has 0 bridgehead atoms. The van der Waals surface area contributed by atoms with Gasteiger partial charge in [-0.25, -0.2) is 0 Å². The Morgan fingerprint density at radius 1 is 1.50 bits per heavy atom. The van der Waals surface area contributed by atoms with Crippen molar-refractivity contribution >= 4 is 8.07 Å². The minimum absolute atomic E-state index is 0.297. The van der Waals surface area contributed by atoms with Gasteiger partial charge < -0.3 is 4.74 Å². The molecule has 0 aromatic rings. The van der Waals surface area contributed by atoms with Crippen molar-refractivity contribution in [2.24, 2.45) is 0 Å². The maximum Gasteiger partial charge on any atom is 0.0865 e. The molecule has 1 rings (SSSR count). The van der Waals surface area contributed by atoms with E-state index < -0.39 is 8.07 Å². The van der Waals surface area contributed by atoms with Gasteiger partial charge in [-0.15, -0.1) is 0 Å². The van der Waals surface area contributed by atoms with Gasteiger partial charge in [-0.1, -0.05) is 26.1 Å². The summed E-state index contributed by atoms with van der Waals surface area (Å²) in [7, 11) is -0.875. The van der Waals surface area contributed by atoms with E-state index in [-0.39, 0.29) is 0 Å². The van der Waals surface area contributed by atoms with Crippen LogP contribution in [0.1, 0.15) is 13.8 Å². The van der Waals surface area contributed by atoms with Crippen LogP contribution in [0, 0.1) is 0 Å². The van der Waals surface area contributed by atoms with Crippen molar-refractivity contribution in [2.75, 3.05) is 6.61 Å². The van der Waals surface area contributed by atoms with Gasteiger partial charge in [0.25, 0.3) is 0 Å². The summed E-state index contributed by atoms with van der Waals surface area (Å²) >= 11 is 0. The van der Waals surface area contributed by atoms with Crippen molar-refractivity contribution in [3.63, 3.8) is 0 Å². The predicted octanol–water partition coefficient (Wildman–Crippen LogP) is 2.50. The zero-order valence-electron chi connectivity index (χ0n) is 7.53. The smallest absolute Gasteiger partial charge is 0.0865 e. The van der Waals surface area contributed by atoms with Crippen LogP contribution in [0.2, 0.25) is 25.2 Å². The molecule has 1 fully saturated rings. The fourth-order valence-corrected chi connectivity index (χ4v) is 3.84. The first-order valence-electron chi connectivity index (χ1n) is 4.11. The Bertz CT molecular complexity index is 127. The molecular weight excluding hydrogens is 140 g/mol. The first-order valence-corrected chi connectivity index (χ1v) is 7.53. The molecule has 0 radical (unpaired) electrons. The third-order valence-corrected chi connectivity index (χ3v) is 6.07. The van der Waals surface area contributed by atoms with E-state index in [0.717, 1.165) is 6.61 Å². The summed E-state index contributed by atoms with van der Waals surface area (Å²) in [4.78, 5) is 0. The fourth-order valence-electron chi connectivity index (χ4n) is 1.36. The molecule has 0 saturated carbocycles. The highest BCUT2D eigenvalue weighted by Crippen LogP contribution is 2.36. The molecule has 0 amide bonds. The third-order valence-electron chi connectivity index (χ3n) is 2.45. The molecule has 0 aliphatic carbocycles. The molecule has 0 aromatic heterocycles. The van der Waals surface area contributed by atoms with Gasteiger partial charge >= 0.3 is 0 Å². The Hall–Kier alpha value is 0.177. The number of hydrogen-bond acceptors (Lipinski definition) is 1. The summed E-state index contributed by atoms with van der Waals surface area (Å²) < 4.78 is 5.37. The minimum Gasteiger partial charge on any atom is -0.370 e. The van der Waals surface area contributed by atoms with Crippen molar-refractivity contribution in [2.45, 2.75) is 44.6 Å². The van der Waals surface area contributed by atoms with Crippen LogP contribution in [0.5, 0.6) is 0 Å². The molecule has 1 aliphatic rings. The summed E-state index contributed by atoms with van der Waals surface area (Å²) in [6.45, 7) is 10.4. The second-order valence-corrected chi connectivity index (χ2v) is 9.82. The van der Waals surface area contributed by atoms with E-state index in [4.69, 9.17) is 4.74 Å². The maximum absolute atomic E-state index is 5.37. The summed E-state index contributed by atoms with van der Waals surface area (Å²) in [5.74, 6) is 0. The highest BCUT2D eigenvalue weighted by molar-refractivity contribution is 6.77. The Morgan fingerprint density at radius 2 is 2.00 bits per heavy atom. The topological polar surface area (TPSA) is 12.5 Å². The molecular formula is C8H18OSi. The molecule has 1 saturated heterocycles. The number of hydrogen-bond donors (Lipinski definition) is 0. The Morgan fingerprint density at radius 3 is 2.30 bits per heavy atom. The van der Waals surface area contributed by atoms with E-state index in [1.807, 2.05) is 0 Å². The van der Waals surface area contributed by atoms with Gasteiger partial charge in [0.2, 0.25) is 0 Å². The average molecular weight is 158 g/mol. The zero-order chi connectivity index (χ0) is 7.83. The fraction of sp³-hybridized carbons (Fsp3) is 1.00. The molecule has 1 nitrogen and oxygen atoms in total. The third kappa shape index (κ3) is 2.10. The van der Waals surface area contributed by atoms with Crippen molar-refractivity contribution in [1.82, 2.24) is 0 Å². The van der Waals surface area contributed by atoms with Crippen LogP contribution >= 0.6 is 0 Å². The molecule has 1 aliphatic heterocycles. The standard InChI is InChI=1S/C8H18OSi/c1-5-10(3,4)7-8(2)6-9-8/h5-7H2,1-4H3. The first kappa shape index (κ1) is 8.28. The molecule has 0 aromatic carbocycles. The Kier molecular flexibility index (Phi) is 1.94. The van der Waals surface area contributed by atoms with Crippen LogP contribution in [0.25, 0.3) is 0 Å². The number of ether oxygens (including phenoxy) is 1. The van der Waals surface area contributed by atoms with E-state index in [1.54, 1.807) is 0 Å². The van der Waals surface area contributed by atoms with Crippen LogP contribution in [-0.4, -0.2) is 20.3 Å². The lowest BCUT2D eigenvalue weighted by Crippen LogP contribution is -2.29. The number of epoxide rings is 1. The van der Waals surface area contributed by atoms with Crippen LogP contribution < -0.4 is 0 Å². The summed E-state index contributed by atoms with van der Waals surface area (Å²) in [5, 5.41) is 0. The van der Waals surface area contributed by atoms with Gasteiger partial charge in [0.1, 0.15) is 0 Å². The van der Waals surface area contributed by atoms with E-state index in [0.29, 0.717) is 5.60 Å². The van der Waals surface area contributed by atoms with Crippen molar-refractivity contribution < 1.29 is 4.74 Å². The largest absolute Gasteiger partial charge is 0.370 e. The quantitative estimate of drug-likeness (QED) is 0.454. The van der Waals surface area contributed by atoms with Crippen LogP contribution in [-0.2, 0) is 4.74 Å². The summed E-state index contributed by atoms with van der Waals surface area (Å²) in [5.41, 5.74) is 0.297. The van der Waals surface area contributed by atoms with Gasteiger partial charge in [0, 0.05) is 0 Å². The van der Waals surface area contributed by atoms with E-state index in [9.17, 15) is 0 Å². The Labute approximate surface area is 64.8 Å². The second kappa shape index (κ2) is 2.34. The predicted molar refractivity (Wildman–Crippen MR) is 47.1 cm³/mol. The van der Waals surface area contributed by atoms with Gasteiger partial charge in [-0.2, -0.15) is 0 Å². The van der Waals surface area contributed by atoms with Gasteiger partial charge in [-0.3, -0.25) is 0 Å². The van der Waals surface area contributed by atoms with Crippen LogP contribution in [0.4, 0.5) is 0 Å². The van der Waals surface area contributed by atoms with Gasteiger partial charge in [0.15, 0.2) is 0 Å². The highest BCUT2D eigenvalue weighted by atomic mass is 28.3. The van der Waals surface area contributed by atoms with Crippen molar-refractivity contribution in [3.8, 4) is 0 Å².